The zero-order chi connectivity index (χ0) is 13.2. The van der Waals surface area contributed by atoms with Crippen LogP contribution in [0.4, 0.5) is 8.78 Å². The van der Waals surface area contributed by atoms with E-state index in [1.54, 1.807) is 20.8 Å². The second-order valence-corrected chi connectivity index (χ2v) is 4.47. The van der Waals surface area contributed by atoms with Gasteiger partial charge in [0.1, 0.15) is 17.2 Å². The van der Waals surface area contributed by atoms with Gasteiger partial charge in [-0.1, -0.05) is 0 Å². The Morgan fingerprint density at radius 2 is 1.71 bits per heavy atom. The number of benzene rings is 1. The molecule has 0 atom stereocenters. The standard InChI is InChI=1S/C12H12F2O3/c1-12(2,3)17-11(16)7-4-9(13)8(6-15)10(14)5-7/h4-6H,1-3H3. The Morgan fingerprint density at radius 3 is 2.06 bits per heavy atom. The molecule has 0 N–H and O–H groups in total. The normalized spacial score (nSPS) is 11.1. The molecule has 1 aromatic carbocycles. The van der Waals surface area contributed by atoms with E-state index < -0.39 is 28.8 Å². The van der Waals surface area contributed by atoms with E-state index in [0.717, 1.165) is 12.1 Å². The van der Waals surface area contributed by atoms with Gasteiger partial charge in [0.05, 0.1) is 11.1 Å². The van der Waals surface area contributed by atoms with Gasteiger partial charge in [-0.15, -0.1) is 0 Å². The lowest BCUT2D eigenvalue weighted by atomic mass is 10.1. The zero-order valence-corrected chi connectivity index (χ0v) is 9.71. The van der Waals surface area contributed by atoms with Crippen LogP contribution in [0, 0.1) is 11.6 Å². The van der Waals surface area contributed by atoms with Crippen molar-refractivity contribution in [2.45, 2.75) is 26.4 Å². The molecule has 0 unspecified atom stereocenters. The van der Waals surface area contributed by atoms with Gasteiger partial charge in [-0.25, -0.2) is 13.6 Å². The van der Waals surface area contributed by atoms with E-state index in [9.17, 15) is 18.4 Å². The summed E-state index contributed by atoms with van der Waals surface area (Å²) in [6, 6.07) is 1.56. The Balaban J connectivity index is 3.09. The highest BCUT2D eigenvalue weighted by Gasteiger charge is 2.20. The molecule has 0 radical (unpaired) electrons. The van der Waals surface area contributed by atoms with Gasteiger partial charge in [0.25, 0.3) is 0 Å². The predicted molar refractivity (Wildman–Crippen MR) is 56.9 cm³/mol. The third kappa shape index (κ3) is 3.34. The van der Waals surface area contributed by atoms with Gasteiger partial charge in [0, 0.05) is 0 Å². The molecule has 0 saturated heterocycles. The number of aldehydes is 1. The molecule has 1 rings (SSSR count). The Kier molecular flexibility index (Phi) is 3.60. The van der Waals surface area contributed by atoms with Crippen molar-refractivity contribution in [1.29, 1.82) is 0 Å². The van der Waals surface area contributed by atoms with Crippen LogP contribution in [-0.2, 0) is 4.74 Å². The van der Waals surface area contributed by atoms with Crippen LogP contribution < -0.4 is 0 Å². The first-order chi connectivity index (χ1) is 7.74. The van der Waals surface area contributed by atoms with Crippen LogP contribution in [0.3, 0.4) is 0 Å². The lowest BCUT2D eigenvalue weighted by Gasteiger charge is -2.19. The first-order valence-electron chi connectivity index (χ1n) is 4.92. The average Bonchev–Trinajstić information content (AvgIpc) is 2.14. The van der Waals surface area contributed by atoms with Crippen LogP contribution in [0.5, 0.6) is 0 Å². The number of halogens is 2. The van der Waals surface area contributed by atoms with Crippen molar-refractivity contribution in [3.8, 4) is 0 Å². The molecular formula is C12H12F2O3. The maximum Gasteiger partial charge on any atom is 0.338 e. The number of hydrogen-bond donors (Lipinski definition) is 0. The number of hydrogen-bond acceptors (Lipinski definition) is 3. The van der Waals surface area contributed by atoms with Gasteiger partial charge in [0.2, 0.25) is 0 Å². The molecule has 0 aliphatic carbocycles. The van der Waals surface area contributed by atoms with Gasteiger partial charge in [-0.2, -0.15) is 0 Å². The topological polar surface area (TPSA) is 43.4 Å². The first kappa shape index (κ1) is 13.3. The third-order valence-electron chi connectivity index (χ3n) is 1.83. The lowest BCUT2D eigenvalue weighted by molar-refractivity contribution is 0.00682. The van der Waals surface area contributed by atoms with E-state index in [0.29, 0.717) is 0 Å². The van der Waals surface area contributed by atoms with E-state index in [-0.39, 0.29) is 11.8 Å². The smallest absolute Gasteiger partial charge is 0.338 e. The van der Waals surface area contributed by atoms with Crippen LogP contribution in [0.25, 0.3) is 0 Å². The molecule has 0 fully saturated rings. The van der Waals surface area contributed by atoms with Crippen LogP contribution >= 0.6 is 0 Å². The molecule has 5 heteroatoms. The summed E-state index contributed by atoms with van der Waals surface area (Å²) < 4.78 is 31.4. The minimum absolute atomic E-state index is 0.0591. The molecule has 0 saturated carbocycles. The van der Waals surface area contributed by atoms with Gasteiger partial charge in [-0.05, 0) is 32.9 Å². The molecule has 3 nitrogen and oxygen atoms in total. The van der Waals surface area contributed by atoms with E-state index in [1.165, 1.54) is 0 Å². The summed E-state index contributed by atoms with van der Waals surface area (Å²) in [5.74, 6) is -3.01. The Morgan fingerprint density at radius 1 is 1.24 bits per heavy atom. The molecule has 92 valence electrons. The number of rotatable bonds is 2. The molecule has 1 aromatic rings. The number of ether oxygens (including phenoxy) is 1. The number of esters is 1. The Hall–Kier alpha value is -1.78. The van der Waals surface area contributed by atoms with Crippen molar-refractivity contribution in [2.24, 2.45) is 0 Å². The van der Waals surface area contributed by atoms with Crippen LogP contribution in [0.1, 0.15) is 41.5 Å². The maximum absolute atomic E-state index is 13.2. The molecule has 0 aromatic heterocycles. The molecule has 0 amide bonds. The van der Waals surface area contributed by atoms with Crippen LogP contribution in [-0.4, -0.2) is 17.9 Å². The van der Waals surface area contributed by atoms with E-state index >= 15 is 0 Å². The highest BCUT2D eigenvalue weighted by Crippen LogP contribution is 2.17. The Labute approximate surface area is 97.4 Å². The van der Waals surface area contributed by atoms with Gasteiger partial charge >= 0.3 is 5.97 Å². The van der Waals surface area contributed by atoms with Gasteiger partial charge < -0.3 is 4.74 Å². The van der Waals surface area contributed by atoms with Crippen molar-refractivity contribution in [3.63, 3.8) is 0 Å². The van der Waals surface area contributed by atoms with Crippen molar-refractivity contribution < 1.29 is 23.1 Å². The largest absolute Gasteiger partial charge is 0.456 e. The average molecular weight is 242 g/mol. The lowest BCUT2D eigenvalue weighted by Crippen LogP contribution is -2.24. The monoisotopic (exact) mass is 242 g/mol. The molecule has 0 spiro atoms. The molecule has 0 bridgehead atoms. The molecule has 0 aliphatic rings. The van der Waals surface area contributed by atoms with Crippen molar-refractivity contribution >= 4 is 12.3 Å². The van der Waals surface area contributed by atoms with Crippen LogP contribution in [0.15, 0.2) is 12.1 Å². The van der Waals surface area contributed by atoms with Gasteiger partial charge in [-0.3, -0.25) is 4.79 Å². The first-order valence-corrected chi connectivity index (χ1v) is 4.92. The summed E-state index contributed by atoms with van der Waals surface area (Å²) in [6.45, 7) is 4.91. The quantitative estimate of drug-likeness (QED) is 0.591. The van der Waals surface area contributed by atoms with Crippen LogP contribution in [0.2, 0.25) is 0 Å². The summed E-state index contributed by atoms with van der Waals surface area (Å²) in [7, 11) is 0. The van der Waals surface area contributed by atoms with E-state index in [1.807, 2.05) is 0 Å². The highest BCUT2D eigenvalue weighted by atomic mass is 19.1. The minimum Gasteiger partial charge on any atom is -0.456 e. The predicted octanol–water partition coefficient (Wildman–Crippen LogP) is 2.73. The van der Waals surface area contributed by atoms with E-state index in [4.69, 9.17) is 4.74 Å². The second kappa shape index (κ2) is 4.61. The Bertz CT molecular complexity index is 438. The number of carbonyl (C=O) groups is 2. The summed E-state index contributed by atoms with van der Waals surface area (Å²) in [5.41, 5.74) is -1.72. The fourth-order valence-corrected chi connectivity index (χ4v) is 1.15. The summed E-state index contributed by atoms with van der Waals surface area (Å²) in [6.07, 6.45) is 0.0591. The SMILES string of the molecule is CC(C)(C)OC(=O)c1cc(F)c(C=O)c(F)c1. The zero-order valence-electron chi connectivity index (χ0n) is 9.71. The fraction of sp³-hybridized carbons (Fsp3) is 0.333. The minimum atomic E-state index is -1.08. The van der Waals surface area contributed by atoms with E-state index in [2.05, 4.69) is 0 Å². The third-order valence-corrected chi connectivity index (χ3v) is 1.83. The van der Waals surface area contributed by atoms with Gasteiger partial charge in [0.15, 0.2) is 6.29 Å². The van der Waals surface area contributed by atoms with Crippen molar-refractivity contribution in [1.82, 2.24) is 0 Å². The van der Waals surface area contributed by atoms with Crippen molar-refractivity contribution in [2.75, 3.05) is 0 Å². The fourth-order valence-electron chi connectivity index (χ4n) is 1.15. The maximum atomic E-state index is 13.2. The molecule has 0 aliphatic heterocycles. The molecule has 17 heavy (non-hydrogen) atoms. The summed E-state index contributed by atoms with van der Waals surface area (Å²) in [4.78, 5) is 21.9. The van der Waals surface area contributed by atoms with Crippen molar-refractivity contribution in [3.05, 3.63) is 34.9 Å². The molecule has 0 heterocycles. The summed E-state index contributed by atoms with van der Waals surface area (Å²) >= 11 is 0. The summed E-state index contributed by atoms with van der Waals surface area (Å²) in [5, 5.41) is 0. The number of carbonyl (C=O) groups excluding carboxylic acids is 2. The molecular weight excluding hydrogens is 230 g/mol. The highest BCUT2D eigenvalue weighted by molar-refractivity contribution is 5.90. The second-order valence-electron chi connectivity index (χ2n) is 4.47.